The van der Waals surface area contributed by atoms with Gasteiger partial charge in [-0.2, -0.15) is 0 Å². The van der Waals surface area contributed by atoms with Gasteiger partial charge >= 0.3 is 0 Å². The molecule has 1 aromatic carbocycles. The van der Waals surface area contributed by atoms with Crippen molar-refractivity contribution in [2.45, 2.75) is 70.4 Å². The number of hydrogen-bond acceptors (Lipinski definition) is 5. The van der Waals surface area contributed by atoms with E-state index in [4.69, 9.17) is 24.0 Å². The van der Waals surface area contributed by atoms with Crippen molar-refractivity contribution in [3.05, 3.63) is 30.3 Å². The van der Waals surface area contributed by atoms with Crippen molar-refractivity contribution < 1.29 is 24.0 Å². The van der Waals surface area contributed by atoms with Crippen LogP contribution in [0.5, 0.6) is 5.75 Å². The Morgan fingerprint density at radius 2 is 1.81 bits per heavy atom. The molecule has 4 heterocycles. The minimum absolute atomic E-state index is 0.191. The van der Waals surface area contributed by atoms with Gasteiger partial charge in [0, 0.05) is 18.3 Å². The van der Waals surface area contributed by atoms with Gasteiger partial charge in [-0.3, -0.25) is 0 Å². The first-order valence-corrected chi connectivity index (χ1v) is 9.94. The lowest BCUT2D eigenvalue weighted by molar-refractivity contribution is -0.575. The van der Waals surface area contributed by atoms with E-state index in [9.17, 15) is 0 Å². The van der Waals surface area contributed by atoms with Crippen molar-refractivity contribution in [2.24, 2.45) is 23.7 Å². The van der Waals surface area contributed by atoms with Gasteiger partial charge in [0.25, 0.3) is 0 Å². The molecule has 5 aliphatic rings. The van der Waals surface area contributed by atoms with Gasteiger partial charge in [0.1, 0.15) is 5.75 Å². The first-order chi connectivity index (χ1) is 12.5. The molecule has 4 aliphatic heterocycles. The van der Waals surface area contributed by atoms with Gasteiger partial charge < -0.3 is 14.2 Å². The Morgan fingerprint density at radius 1 is 1.00 bits per heavy atom. The topological polar surface area (TPSA) is 46.2 Å². The van der Waals surface area contributed by atoms with Crippen LogP contribution < -0.4 is 4.74 Å². The van der Waals surface area contributed by atoms with Crippen LogP contribution in [0.25, 0.3) is 0 Å². The Balaban J connectivity index is 1.50. The van der Waals surface area contributed by atoms with Crippen LogP contribution >= 0.6 is 0 Å². The third-order valence-corrected chi connectivity index (χ3v) is 7.09. The van der Waals surface area contributed by atoms with Crippen LogP contribution in [0, 0.1) is 23.7 Å². The smallest absolute Gasteiger partial charge is 0.205 e. The van der Waals surface area contributed by atoms with E-state index >= 15 is 0 Å². The summed E-state index contributed by atoms with van der Waals surface area (Å²) in [6.45, 7) is 6.48. The molecule has 5 fully saturated rings. The summed E-state index contributed by atoms with van der Waals surface area (Å²) >= 11 is 0. The predicted octanol–water partition coefficient (Wildman–Crippen LogP) is 4.27. The normalized spacial score (nSPS) is 50.0. The highest BCUT2D eigenvalue weighted by Gasteiger charge is 2.69. The standard InChI is InChI=1S/C21H28O5/c1-13-9-10-17-14(2)18(22-15-7-5-4-6-8-15)23-19-21(17)16(13)11-12-20(3,24-19)25-26-21/h4-8,13-14,16-19H,9-12H2,1-3H3/t13-,14-,16?,17?,18?,19-,20+,21-/m1/s1. The van der Waals surface area contributed by atoms with Crippen molar-refractivity contribution >= 4 is 0 Å². The fourth-order valence-corrected chi connectivity index (χ4v) is 5.64. The summed E-state index contributed by atoms with van der Waals surface area (Å²) in [6.07, 6.45) is 3.35. The van der Waals surface area contributed by atoms with Crippen LogP contribution in [0.2, 0.25) is 0 Å². The van der Waals surface area contributed by atoms with E-state index in [1.807, 2.05) is 37.3 Å². The number of benzene rings is 1. The lowest BCUT2D eigenvalue weighted by Crippen LogP contribution is -2.70. The summed E-state index contributed by atoms with van der Waals surface area (Å²) in [5, 5.41) is 0. The van der Waals surface area contributed by atoms with Gasteiger partial charge in [-0.25, -0.2) is 9.78 Å². The molecule has 5 nitrogen and oxygen atoms in total. The zero-order valence-corrected chi connectivity index (χ0v) is 15.7. The quantitative estimate of drug-likeness (QED) is 0.737. The van der Waals surface area contributed by atoms with Gasteiger partial charge in [0.15, 0.2) is 11.9 Å². The molecule has 1 saturated carbocycles. The number of para-hydroxylation sites is 1. The van der Waals surface area contributed by atoms with Gasteiger partial charge in [0.2, 0.25) is 12.1 Å². The summed E-state index contributed by atoms with van der Waals surface area (Å²) in [7, 11) is 0. The average Bonchev–Trinajstić information content (AvgIpc) is 2.86. The van der Waals surface area contributed by atoms with E-state index < -0.39 is 17.7 Å². The fraction of sp³-hybridized carbons (Fsp3) is 0.714. The molecule has 1 aliphatic carbocycles. The minimum Gasteiger partial charge on any atom is -0.465 e. The molecular formula is C21H28O5. The molecule has 6 rings (SSSR count). The molecule has 0 amide bonds. The van der Waals surface area contributed by atoms with Crippen LogP contribution in [0.1, 0.15) is 46.5 Å². The average molecular weight is 360 g/mol. The highest BCUT2D eigenvalue weighted by molar-refractivity contribution is 5.21. The van der Waals surface area contributed by atoms with E-state index in [1.54, 1.807) is 0 Å². The number of hydrogen-bond donors (Lipinski definition) is 0. The number of rotatable bonds is 2. The Bertz CT molecular complexity index is 666. The van der Waals surface area contributed by atoms with Gasteiger partial charge in [-0.15, -0.1) is 0 Å². The monoisotopic (exact) mass is 360 g/mol. The highest BCUT2D eigenvalue weighted by atomic mass is 17.3. The van der Waals surface area contributed by atoms with E-state index in [0.717, 1.165) is 25.0 Å². The maximum absolute atomic E-state index is 6.41. The molecule has 0 aromatic heterocycles. The Labute approximate surface area is 154 Å². The molecule has 142 valence electrons. The lowest BCUT2D eigenvalue weighted by atomic mass is 9.58. The summed E-state index contributed by atoms with van der Waals surface area (Å²) in [4.78, 5) is 12.0. The number of ether oxygens (including phenoxy) is 3. The molecule has 3 unspecified atom stereocenters. The van der Waals surface area contributed by atoms with Gasteiger partial charge in [0.05, 0.1) is 0 Å². The first-order valence-electron chi connectivity index (χ1n) is 9.94. The molecule has 8 atom stereocenters. The molecule has 5 heteroatoms. The summed E-state index contributed by atoms with van der Waals surface area (Å²) in [5.74, 6) is 1.52. The minimum atomic E-state index is -0.741. The fourth-order valence-electron chi connectivity index (χ4n) is 5.64. The molecular weight excluding hydrogens is 332 g/mol. The number of fused-ring (bicyclic) bond motifs is 2. The highest BCUT2D eigenvalue weighted by Crippen LogP contribution is 2.60. The van der Waals surface area contributed by atoms with E-state index in [2.05, 4.69) is 13.8 Å². The van der Waals surface area contributed by atoms with Crippen LogP contribution in [0.3, 0.4) is 0 Å². The summed E-state index contributed by atoms with van der Waals surface area (Å²) in [6, 6.07) is 9.87. The zero-order chi connectivity index (χ0) is 17.9. The van der Waals surface area contributed by atoms with Crippen molar-refractivity contribution in [2.75, 3.05) is 0 Å². The SMILES string of the molecule is C[C@H]1C(Oc2ccccc2)O[C@@H]2O[C@]3(C)CCC4[C@H](C)CCC1[C@]42OO3. The van der Waals surface area contributed by atoms with E-state index in [0.29, 0.717) is 17.8 Å². The second-order valence-electron chi connectivity index (χ2n) is 8.70. The molecule has 26 heavy (non-hydrogen) atoms. The molecule has 0 N–H and O–H groups in total. The predicted molar refractivity (Wildman–Crippen MR) is 93.9 cm³/mol. The molecule has 2 bridgehead atoms. The van der Waals surface area contributed by atoms with Crippen LogP contribution in [0.4, 0.5) is 0 Å². The Hall–Kier alpha value is -1.14. The van der Waals surface area contributed by atoms with Crippen LogP contribution in [-0.4, -0.2) is 24.0 Å². The maximum atomic E-state index is 6.41. The van der Waals surface area contributed by atoms with Crippen LogP contribution in [-0.2, 0) is 19.2 Å². The van der Waals surface area contributed by atoms with Gasteiger partial charge in [-0.05, 0) is 50.2 Å². The third-order valence-electron chi connectivity index (χ3n) is 7.09. The largest absolute Gasteiger partial charge is 0.465 e. The zero-order valence-electron chi connectivity index (χ0n) is 15.7. The third kappa shape index (κ3) is 2.37. The Kier molecular flexibility index (Phi) is 3.87. The van der Waals surface area contributed by atoms with Crippen molar-refractivity contribution in [1.82, 2.24) is 0 Å². The molecule has 4 saturated heterocycles. The second-order valence-corrected chi connectivity index (χ2v) is 8.70. The molecule has 1 aromatic rings. The lowest BCUT2D eigenvalue weighted by Gasteiger charge is -2.60. The van der Waals surface area contributed by atoms with Crippen molar-refractivity contribution in [3.63, 3.8) is 0 Å². The summed E-state index contributed by atoms with van der Waals surface area (Å²) < 4.78 is 19.0. The molecule has 0 radical (unpaired) electrons. The van der Waals surface area contributed by atoms with Crippen molar-refractivity contribution in [1.29, 1.82) is 0 Å². The maximum Gasteiger partial charge on any atom is 0.205 e. The Morgan fingerprint density at radius 3 is 2.62 bits per heavy atom. The van der Waals surface area contributed by atoms with Gasteiger partial charge in [-0.1, -0.05) is 32.0 Å². The van der Waals surface area contributed by atoms with Crippen molar-refractivity contribution in [3.8, 4) is 5.75 Å². The molecule has 1 spiro atoms. The van der Waals surface area contributed by atoms with E-state index in [-0.39, 0.29) is 12.2 Å². The van der Waals surface area contributed by atoms with E-state index in [1.165, 1.54) is 6.42 Å². The van der Waals surface area contributed by atoms with Crippen LogP contribution in [0.15, 0.2) is 30.3 Å². The first kappa shape index (κ1) is 17.0. The summed E-state index contributed by atoms with van der Waals surface area (Å²) in [5.41, 5.74) is -0.524. The second kappa shape index (κ2) is 5.93.